The zero-order chi connectivity index (χ0) is 87.3. The molecule has 0 fully saturated rings. The molecule has 5 amide bonds. The minimum Gasteiger partial charge on any atom is -0.457 e. The van der Waals surface area contributed by atoms with Crippen molar-refractivity contribution in [2.45, 2.75) is 27.7 Å². The lowest BCUT2D eigenvalue weighted by atomic mass is 10.1. The third kappa shape index (κ3) is 18.3. The first-order valence-corrected chi connectivity index (χ1v) is 41.7. The van der Waals surface area contributed by atoms with E-state index < -0.39 is 0 Å². The maximum Gasteiger partial charge on any atom is 0.282 e. The number of carbonyl (C=O) groups is 5. The Morgan fingerprint density at radius 1 is 0.205 bits per heavy atom. The fourth-order valence-corrected chi connectivity index (χ4v) is 15.6. The van der Waals surface area contributed by atoms with E-state index in [0.29, 0.717) is 50.7 Å². The standard InChI is InChI=1S/C26H18N2O2.C21H15ClN2O.3C21H16N2O/c29-26-25(23-13-7-8-14-24(23)28(26)20-9-3-1-4-10-20)27-19-15-17-22(18-16-19)30-21-11-5-2-6-12-21;1-14-11-15(22)13-16(12-14)23-20-18-9-5-6-10-19(18)24(21(20)25)17-7-3-2-4-8-17;1-15-8-7-9-16(14-15)22-20-18-12-5-6-13-19(18)23(21(20)24)17-10-3-2-4-11-17;2*1-15-11-13-16(14-12-15)22-20-18-9-5-6-10-19(18)23(21(20)24)17-7-3-2-4-8-17/h1-18H;2-13H,1H3;3*2-14H,1H3. The minimum absolute atomic E-state index is 0.0936. The fraction of sp³-hybridized carbons (Fsp3) is 0.0364. The number of hydrogen-bond acceptors (Lipinski definition) is 11. The molecule has 17 heteroatoms. The molecule has 0 unspecified atom stereocenters. The Kier molecular flexibility index (Phi) is 24.6. The summed E-state index contributed by atoms with van der Waals surface area (Å²) in [6.07, 6.45) is 0. The Morgan fingerprint density at radius 2 is 0.449 bits per heavy atom. The van der Waals surface area contributed by atoms with Crippen molar-refractivity contribution in [3.8, 4) is 11.5 Å². The third-order valence-corrected chi connectivity index (χ3v) is 21.4. The second-order valence-electron chi connectivity index (χ2n) is 30.2. The van der Waals surface area contributed by atoms with Crippen molar-refractivity contribution in [1.29, 1.82) is 0 Å². The fourth-order valence-electron chi connectivity index (χ4n) is 15.3. The number of carbonyl (C=O) groups excluding carboxylic acids is 5. The molecular weight excluding hydrogens is 1590 g/mol. The SMILES string of the molecule is Cc1cc(Cl)cc(N=C2C(=O)N(c3ccccc3)c3ccccc32)c1.Cc1ccc(N=C2C(=O)N(c3ccccc3)c3ccccc32)cc1.Cc1ccc(N=C2C(=O)N(c3ccccc3)c3ccccc32)cc1.Cc1cccc(N=C2C(=O)N(c3ccccc3)c3ccccc32)c1.O=C1C(=Nc2ccc(Oc3ccccc3)cc2)c2ccccc2N1c1ccccc1. The number of rotatable bonds is 12. The van der Waals surface area contributed by atoms with Crippen LogP contribution < -0.4 is 29.2 Å². The molecule has 127 heavy (non-hydrogen) atoms. The van der Waals surface area contributed by atoms with Gasteiger partial charge in [-0.15, -0.1) is 0 Å². The number of hydrogen-bond donors (Lipinski definition) is 0. The van der Waals surface area contributed by atoms with E-state index in [9.17, 15) is 24.0 Å². The summed E-state index contributed by atoms with van der Waals surface area (Å²) in [7, 11) is 0. The number of para-hydroxylation sites is 11. The largest absolute Gasteiger partial charge is 0.457 e. The molecule has 5 aliphatic heterocycles. The number of amides is 5. The smallest absolute Gasteiger partial charge is 0.282 e. The molecule has 0 atom stereocenters. The van der Waals surface area contributed by atoms with Gasteiger partial charge in [0.2, 0.25) is 0 Å². The number of nitrogens with zero attached hydrogens (tertiary/aromatic N) is 10. The van der Waals surface area contributed by atoms with Gasteiger partial charge in [-0.1, -0.05) is 259 Å². The van der Waals surface area contributed by atoms with Gasteiger partial charge in [0, 0.05) is 61.3 Å². The van der Waals surface area contributed by atoms with Gasteiger partial charge in [0.15, 0.2) is 0 Å². The molecule has 0 bridgehead atoms. The molecule has 0 saturated heterocycles. The van der Waals surface area contributed by atoms with Crippen LogP contribution in [0, 0.1) is 27.7 Å². The minimum atomic E-state index is -0.134. The molecule has 0 saturated carbocycles. The van der Waals surface area contributed by atoms with Crippen LogP contribution in [-0.4, -0.2) is 58.1 Å². The highest BCUT2D eigenvalue weighted by molar-refractivity contribution is 6.59. The van der Waals surface area contributed by atoms with Gasteiger partial charge in [0.05, 0.1) is 56.9 Å². The third-order valence-electron chi connectivity index (χ3n) is 21.2. The zero-order valence-electron chi connectivity index (χ0n) is 69.6. The number of halogens is 1. The number of ether oxygens (including phenoxy) is 1. The molecule has 5 aliphatic rings. The molecule has 0 N–H and O–H groups in total. The lowest BCUT2D eigenvalue weighted by Crippen LogP contribution is -2.25. The van der Waals surface area contributed by atoms with E-state index in [4.69, 9.17) is 16.3 Å². The first kappa shape index (κ1) is 82.6. The van der Waals surface area contributed by atoms with E-state index in [0.717, 1.165) is 119 Å². The summed E-state index contributed by atoms with van der Waals surface area (Å²) in [5.74, 6) is 0.941. The highest BCUT2D eigenvalue weighted by Crippen LogP contribution is 2.43. The first-order chi connectivity index (χ1) is 62.1. The van der Waals surface area contributed by atoms with Crippen LogP contribution in [0.25, 0.3) is 0 Å². The Labute approximate surface area is 741 Å². The molecule has 0 aliphatic carbocycles. The van der Waals surface area contributed by atoms with E-state index in [1.807, 2.05) is 440 Å². The van der Waals surface area contributed by atoms with E-state index in [2.05, 4.69) is 25.0 Å². The number of aryl methyl sites for hydroxylation is 4. The number of fused-ring (bicyclic) bond motifs is 5. The summed E-state index contributed by atoms with van der Waals surface area (Å²) in [5, 5.41) is 0.609. The normalized spacial score (nSPS) is 14.7. The van der Waals surface area contributed by atoms with Crippen LogP contribution in [-0.2, 0) is 24.0 Å². The van der Waals surface area contributed by atoms with Crippen molar-refractivity contribution >= 4 is 155 Å². The van der Waals surface area contributed by atoms with Crippen LogP contribution in [0.2, 0.25) is 5.02 Å². The summed E-state index contributed by atoms with van der Waals surface area (Å²) in [4.78, 5) is 97.2. The lowest BCUT2D eigenvalue weighted by molar-refractivity contribution is -0.112. The van der Waals surface area contributed by atoms with Crippen LogP contribution in [0.5, 0.6) is 11.5 Å². The topological polar surface area (TPSA) is 173 Å². The van der Waals surface area contributed by atoms with Crippen molar-refractivity contribution in [2.24, 2.45) is 25.0 Å². The zero-order valence-corrected chi connectivity index (χ0v) is 70.4. The van der Waals surface area contributed by atoms with Crippen molar-refractivity contribution in [2.75, 3.05) is 24.5 Å². The second-order valence-corrected chi connectivity index (χ2v) is 30.6. The molecule has 5 heterocycles. The van der Waals surface area contributed by atoms with Crippen LogP contribution in [0.4, 0.5) is 85.3 Å². The van der Waals surface area contributed by atoms with Crippen LogP contribution in [0.1, 0.15) is 50.1 Å². The van der Waals surface area contributed by atoms with Crippen LogP contribution in [0.3, 0.4) is 0 Å². The Morgan fingerprint density at radius 3 is 0.740 bits per heavy atom. The molecule has 21 rings (SSSR count). The average molecular weight is 1670 g/mol. The maximum absolute atomic E-state index is 13.2. The van der Waals surface area contributed by atoms with Crippen molar-refractivity contribution in [3.63, 3.8) is 0 Å². The van der Waals surface area contributed by atoms with Crippen molar-refractivity contribution < 1.29 is 28.7 Å². The number of anilines is 10. The Bertz CT molecular complexity index is 6780. The Balaban J connectivity index is 0.000000112. The maximum atomic E-state index is 13.2. The highest BCUT2D eigenvalue weighted by atomic mass is 35.5. The van der Waals surface area contributed by atoms with Gasteiger partial charge in [-0.25, -0.2) is 25.0 Å². The van der Waals surface area contributed by atoms with E-state index >= 15 is 0 Å². The summed E-state index contributed by atoms with van der Waals surface area (Å²) in [6.45, 7) is 8.04. The number of benzene rings is 16. The predicted molar refractivity (Wildman–Crippen MR) is 514 cm³/mol. The average Bonchev–Trinajstić information content (AvgIpc) is 1.64. The van der Waals surface area contributed by atoms with Crippen LogP contribution in [0.15, 0.2) is 444 Å². The first-order valence-electron chi connectivity index (χ1n) is 41.3. The van der Waals surface area contributed by atoms with Gasteiger partial charge < -0.3 is 4.74 Å². The molecule has 614 valence electrons. The van der Waals surface area contributed by atoms with E-state index in [-0.39, 0.29) is 29.5 Å². The molecule has 16 aromatic carbocycles. The van der Waals surface area contributed by atoms with Crippen molar-refractivity contribution in [3.05, 3.63) is 474 Å². The lowest BCUT2D eigenvalue weighted by Gasteiger charge is -2.16. The van der Waals surface area contributed by atoms with Crippen molar-refractivity contribution in [1.82, 2.24) is 0 Å². The molecule has 16 nitrogen and oxygen atoms in total. The van der Waals surface area contributed by atoms with Gasteiger partial charge in [0.25, 0.3) is 29.5 Å². The molecular formula is C110H81ClN10O6. The molecule has 0 spiro atoms. The predicted octanol–water partition coefficient (Wildman–Crippen LogP) is 26.1. The molecule has 16 aromatic rings. The van der Waals surface area contributed by atoms with Crippen LogP contribution >= 0.6 is 11.6 Å². The highest BCUT2D eigenvalue weighted by Gasteiger charge is 2.40. The quantitative estimate of drug-likeness (QED) is 0.118. The molecule has 0 radical (unpaired) electrons. The van der Waals surface area contributed by atoms with Gasteiger partial charge >= 0.3 is 0 Å². The summed E-state index contributed by atoms with van der Waals surface area (Å²) in [5.41, 5.74) is 23.3. The van der Waals surface area contributed by atoms with E-state index in [1.165, 1.54) is 11.1 Å². The van der Waals surface area contributed by atoms with Gasteiger partial charge in [0.1, 0.15) is 40.1 Å². The molecule has 0 aromatic heterocycles. The summed E-state index contributed by atoms with van der Waals surface area (Å²) < 4.78 is 5.83. The van der Waals surface area contributed by atoms with Gasteiger partial charge in [-0.3, -0.25) is 48.5 Å². The summed E-state index contributed by atoms with van der Waals surface area (Å²) in [6, 6.07) is 133. The van der Waals surface area contributed by atoms with Gasteiger partial charge in [-0.2, -0.15) is 0 Å². The Hall–Kier alpha value is -16.7. The van der Waals surface area contributed by atoms with Gasteiger partial charge in [-0.05, 0) is 221 Å². The monoisotopic (exact) mass is 1670 g/mol. The van der Waals surface area contributed by atoms with E-state index in [1.54, 1.807) is 30.6 Å². The summed E-state index contributed by atoms with van der Waals surface area (Å²) >= 11 is 6.13. The number of aliphatic imine (C=N–C) groups is 5. The second kappa shape index (κ2) is 37.7.